The zero-order valence-corrected chi connectivity index (χ0v) is 13.7. The summed E-state index contributed by atoms with van der Waals surface area (Å²) in [6.45, 7) is 0.00933. The first-order valence-electron chi connectivity index (χ1n) is 7.10. The molecule has 0 saturated carbocycles. The monoisotopic (exact) mass is 357 g/mol. The van der Waals surface area contributed by atoms with Crippen molar-refractivity contribution >= 4 is 23.0 Å². The van der Waals surface area contributed by atoms with Gasteiger partial charge in [0.15, 0.2) is 0 Å². The lowest BCUT2D eigenvalue weighted by atomic mass is 10.2. The standard InChI is InChI=1S/C17H14N2O5S/c20-16(24-12-13-6-2-1-3-7-13)10-5-11-18-17(21)14-8-4-9-15(19-14)25(22)23/h1-4,6-9H,11-12H2,(H,18,21)(H,22,23)/p-1. The highest BCUT2D eigenvalue weighted by atomic mass is 32.2. The Hall–Kier alpha value is -3.02. The molecule has 0 aliphatic heterocycles. The molecule has 8 heteroatoms. The molecule has 1 aromatic heterocycles. The number of hydrogen-bond donors (Lipinski definition) is 1. The van der Waals surface area contributed by atoms with Crippen LogP contribution in [-0.4, -0.2) is 32.2 Å². The van der Waals surface area contributed by atoms with E-state index in [1.807, 2.05) is 30.3 Å². The van der Waals surface area contributed by atoms with E-state index in [-0.39, 0.29) is 23.9 Å². The zero-order chi connectivity index (χ0) is 18.1. The minimum atomic E-state index is -2.52. The molecule has 128 valence electrons. The van der Waals surface area contributed by atoms with Gasteiger partial charge in [-0.05, 0) is 28.8 Å². The Morgan fingerprint density at radius 1 is 1.16 bits per heavy atom. The van der Waals surface area contributed by atoms with E-state index in [1.165, 1.54) is 18.2 Å². The summed E-state index contributed by atoms with van der Waals surface area (Å²) in [5.74, 6) is 3.39. The van der Waals surface area contributed by atoms with E-state index in [0.29, 0.717) is 0 Å². The van der Waals surface area contributed by atoms with Gasteiger partial charge in [-0.25, -0.2) is 9.78 Å². The molecule has 1 aromatic carbocycles. The second-order valence-corrected chi connectivity index (χ2v) is 5.53. The van der Waals surface area contributed by atoms with Gasteiger partial charge in [0.1, 0.15) is 17.3 Å². The molecule has 1 N–H and O–H groups in total. The first kappa shape index (κ1) is 18.3. The quantitative estimate of drug-likeness (QED) is 0.367. The third kappa shape index (κ3) is 6.18. The van der Waals surface area contributed by atoms with Gasteiger partial charge in [-0.3, -0.25) is 9.00 Å². The summed E-state index contributed by atoms with van der Waals surface area (Å²) in [4.78, 5) is 27.0. The number of carbonyl (C=O) groups is 2. The van der Waals surface area contributed by atoms with Crippen molar-refractivity contribution in [1.82, 2.24) is 10.3 Å². The summed E-state index contributed by atoms with van der Waals surface area (Å²) in [6.07, 6.45) is 0. The number of rotatable bonds is 5. The fourth-order valence-electron chi connectivity index (χ4n) is 1.72. The van der Waals surface area contributed by atoms with Gasteiger partial charge in [-0.2, -0.15) is 0 Å². The molecule has 0 radical (unpaired) electrons. The van der Waals surface area contributed by atoms with Crippen LogP contribution < -0.4 is 5.32 Å². The molecule has 1 atom stereocenters. The van der Waals surface area contributed by atoms with Crippen molar-refractivity contribution < 1.29 is 23.1 Å². The largest absolute Gasteiger partial charge is 0.767 e. The van der Waals surface area contributed by atoms with Crippen molar-refractivity contribution in [3.05, 3.63) is 59.8 Å². The third-order valence-electron chi connectivity index (χ3n) is 2.87. The molecule has 0 spiro atoms. The lowest BCUT2D eigenvalue weighted by molar-refractivity contribution is -0.137. The van der Waals surface area contributed by atoms with E-state index in [9.17, 15) is 18.4 Å². The van der Waals surface area contributed by atoms with Crippen LogP contribution in [0.2, 0.25) is 0 Å². The number of nitrogens with zero attached hydrogens (tertiary/aromatic N) is 1. The molecule has 1 unspecified atom stereocenters. The van der Waals surface area contributed by atoms with Crippen molar-refractivity contribution in [2.24, 2.45) is 0 Å². The van der Waals surface area contributed by atoms with Gasteiger partial charge in [-0.1, -0.05) is 42.3 Å². The Bertz CT molecular complexity index is 843. The van der Waals surface area contributed by atoms with E-state index in [2.05, 4.69) is 22.1 Å². The van der Waals surface area contributed by atoms with Crippen LogP contribution >= 0.6 is 0 Å². The Morgan fingerprint density at radius 2 is 1.92 bits per heavy atom. The van der Waals surface area contributed by atoms with Crippen LogP contribution in [0.25, 0.3) is 0 Å². The van der Waals surface area contributed by atoms with Crippen LogP contribution in [0, 0.1) is 11.8 Å². The number of benzene rings is 1. The molecule has 7 nitrogen and oxygen atoms in total. The van der Waals surface area contributed by atoms with Gasteiger partial charge in [0.25, 0.3) is 5.91 Å². The first-order valence-corrected chi connectivity index (χ1v) is 8.18. The smallest absolute Gasteiger partial charge is 0.384 e. The van der Waals surface area contributed by atoms with Crippen LogP contribution in [0.4, 0.5) is 0 Å². The fraction of sp³-hybridized carbons (Fsp3) is 0.118. The molecule has 0 bridgehead atoms. The lowest BCUT2D eigenvalue weighted by Gasteiger charge is -2.06. The number of hydrogen-bond acceptors (Lipinski definition) is 6. The van der Waals surface area contributed by atoms with Gasteiger partial charge < -0.3 is 14.6 Å². The van der Waals surface area contributed by atoms with Crippen molar-refractivity contribution in [3.8, 4) is 11.8 Å². The minimum absolute atomic E-state index is 0.0600. The summed E-state index contributed by atoms with van der Waals surface area (Å²) in [6, 6.07) is 13.2. The van der Waals surface area contributed by atoms with E-state index in [0.717, 1.165) is 5.56 Å². The zero-order valence-electron chi connectivity index (χ0n) is 12.9. The predicted molar refractivity (Wildman–Crippen MR) is 87.8 cm³/mol. The molecule has 0 saturated heterocycles. The summed E-state index contributed by atoms with van der Waals surface area (Å²) in [7, 11) is 0. The minimum Gasteiger partial charge on any atom is -0.767 e. The topological polar surface area (TPSA) is 108 Å². The van der Waals surface area contributed by atoms with Crippen LogP contribution in [0.15, 0.2) is 53.6 Å². The van der Waals surface area contributed by atoms with Crippen molar-refractivity contribution in [3.63, 3.8) is 0 Å². The number of carbonyl (C=O) groups excluding carboxylic acids is 2. The van der Waals surface area contributed by atoms with Gasteiger partial charge in [0, 0.05) is 5.92 Å². The van der Waals surface area contributed by atoms with Crippen LogP contribution in [0.5, 0.6) is 0 Å². The number of nitrogens with one attached hydrogen (secondary N) is 1. The average molecular weight is 357 g/mol. The van der Waals surface area contributed by atoms with E-state index in [1.54, 1.807) is 0 Å². The van der Waals surface area contributed by atoms with Crippen LogP contribution in [0.1, 0.15) is 16.1 Å². The van der Waals surface area contributed by atoms with E-state index < -0.39 is 23.0 Å². The van der Waals surface area contributed by atoms with Gasteiger partial charge in [0.05, 0.1) is 6.54 Å². The molecule has 25 heavy (non-hydrogen) atoms. The number of amides is 1. The lowest BCUT2D eigenvalue weighted by Crippen LogP contribution is -2.25. The Labute approximate surface area is 146 Å². The normalized spacial score (nSPS) is 10.9. The van der Waals surface area contributed by atoms with Gasteiger partial charge in [0.2, 0.25) is 0 Å². The molecule has 1 heterocycles. The Balaban J connectivity index is 1.79. The highest BCUT2D eigenvalue weighted by Crippen LogP contribution is 2.02. The first-order chi connectivity index (χ1) is 12.1. The average Bonchev–Trinajstić information content (AvgIpc) is 2.64. The predicted octanol–water partition coefficient (Wildman–Crippen LogP) is 0.796. The second-order valence-electron chi connectivity index (χ2n) is 4.64. The molecule has 0 aliphatic rings. The van der Waals surface area contributed by atoms with Gasteiger partial charge in [-0.15, -0.1) is 0 Å². The van der Waals surface area contributed by atoms with Crippen molar-refractivity contribution in [2.45, 2.75) is 11.6 Å². The number of pyridine rings is 1. The van der Waals surface area contributed by atoms with Crippen molar-refractivity contribution in [1.29, 1.82) is 0 Å². The highest BCUT2D eigenvalue weighted by Gasteiger charge is 2.07. The number of aromatic nitrogens is 1. The summed E-state index contributed by atoms with van der Waals surface area (Å²) in [5, 5.41) is 2.18. The molecule has 0 fully saturated rings. The third-order valence-corrected chi connectivity index (χ3v) is 3.44. The van der Waals surface area contributed by atoms with Gasteiger partial charge >= 0.3 is 5.97 Å². The maximum atomic E-state index is 11.8. The molecule has 2 aromatic rings. The maximum Gasteiger partial charge on any atom is 0.384 e. The molecule has 0 aliphatic carbocycles. The van der Waals surface area contributed by atoms with Crippen molar-refractivity contribution in [2.75, 3.05) is 6.54 Å². The van der Waals surface area contributed by atoms with E-state index in [4.69, 9.17) is 4.74 Å². The maximum absolute atomic E-state index is 11.8. The Kier molecular flexibility index (Phi) is 6.83. The number of esters is 1. The second kappa shape index (κ2) is 9.32. The van der Waals surface area contributed by atoms with Crippen LogP contribution in [-0.2, 0) is 27.2 Å². The number of ether oxygens (including phenoxy) is 1. The summed E-state index contributed by atoms with van der Waals surface area (Å²) >= 11 is -2.52. The summed E-state index contributed by atoms with van der Waals surface area (Å²) < 4.78 is 26.6. The van der Waals surface area contributed by atoms with E-state index >= 15 is 0 Å². The fourth-order valence-corrected chi connectivity index (χ4v) is 2.09. The molecule has 1 amide bonds. The Morgan fingerprint density at radius 3 is 2.64 bits per heavy atom. The molecular weight excluding hydrogens is 344 g/mol. The SMILES string of the molecule is O=C(C#CCNC(=O)c1cccc(S(=O)[O-])n1)OCc1ccccc1. The highest BCUT2D eigenvalue weighted by molar-refractivity contribution is 7.79. The molecule has 2 rings (SSSR count). The summed E-state index contributed by atoms with van der Waals surface area (Å²) in [5.41, 5.74) is 0.780. The molecular formula is C17H13N2O5S-. The van der Waals surface area contributed by atoms with Crippen LogP contribution in [0.3, 0.4) is 0 Å².